The summed E-state index contributed by atoms with van der Waals surface area (Å²) in [6.45, 7) is 2.07. The second-order valence-corrected chi connectivity index (χ2v) is 11.9. The average molecular weight is 539 g/mol. The second kappa shape index (κ2) is 8.77. The number of nitrogens with two attached hydrogens (primary N) is 1. The molecule has 0 radical (unpaired) electrons. The van der Waals surface area contributed by atoms with Gasteiger partial charge in [0.1, 0.15) is 5.52 Å². The number of hydrogen-bond acceptors (Lipinski definition) is 6. The maximum absolute atomic E-state index is 10.9. The number of hydrogen-bond donors (Lipinski definition) is 2. The lowest BCUT2D eigenvalue weighted by Crippen LogP contribution is -2.60. The van der Waals surface area contributed by atoms with Crippen LogP contribution in [0.25, 0.3) is 50.7 Å². The molecule has 8 rings (SSSR count). The molecule has 2 fully saturated rings. The molecule has 202 valence electrons. The highest BCUT2D eigenvalue weighted by Gasteiger charge is 2.58. The molecule has 7 heteroatoms. The third kappa shape index (κ3) is 3.96. The lowest BCUT2D eigenvalue weighted by molar-refractivity contribution is -0.106. The first kappa shape index (κ1) is 24.3. The third-order valence-electron chi connectivity index (χ3n) is 8.86. The Kier molecular flexibility index (Phi) is 5.21. The average Bonchev–Trinajstić information content (AvgIpc) is 3.76. The van der Waals surface area contributed by atoms with Gasteiger partial charge in [-0.3, -0.25) is 4.40 Å². The number of aliphatic hydroxyl groups is 1. The Hall–Kier alpha value is -4.46. The molecular weight excluding hydrogens is 508 g/mol. The third-order valence-corrected chi connectivity index (χ3v) is 8.86. The van der Waals surface area contributed by atoms with Gasteiger partial charge < -0.3 is 10.8 Å². The lowest BCUT2D eigenvalue weighted by Gasteiger charge is -2.52. The molecule has 2 aliphatic rings. The fourth-order valence-electron chi connectivity index (χ4n) is 6.48. The van der Waals surface area contributed by atoms with Gasteiger partial charge in [-0.1, -0.05) is 84.4 Å². The summed E-state index contributed by atoms with van der Waals surface area (Å²) >= 11 is 0. The Morgan fingerprint density at radius 2 is 1.41 bits per heavy atom. The van der Waals surface area contributed by atoms with E-state index in [0.29, 0.717) is 24.4 Å². The topological polar surface area (TPSA) is 102 Å². The van der Waals surface area contributed by atoms with Gasteiger partial charge >= 0.3 is 0 Å². The van der Waals surface area contributed by atoms with Crippen molar-refractivity contribution in [3.05, 3.63) is 102 Å². The summed E-state index contributed by atoms with van der Waals surface area (Å²) in [5, 5.41) is 19.8. The maximum atomic E-state index is 10.9. The van der Waals surface area contributed by atoms with Crippen molar-refractivity contribution in [2.24, 2.45) is 11.7 Å². The minimum Gasteiger partial charge on any atom is -0.389 e. The molecule has 6 aromatic rings. The fraction of sp³-hybridized carbons (Fsp3) is 0.235. The minimum absolute atomic E-state index is 0.420. The highest BCUT2D eigenvalue weighted by Crippen LogP contribution is 2.57. The van der Waals surface area contributed by atoms with E-state index in [2.05, 4.69) is 77.8 Å². The molecule has 0 atom stereocenters. The zero-order valence-electron chi connectivity index (χ0n) is 22.8. The largest absolute Gasteiger partial charge is 0.389 e. The van der Waals surface area contributed by atoms with Crippen molar-refractivity contribution < 1.29 is 5.11 Å². The standard InChI is InChI=1S/C34H30N6O/c1-21-7-9-24(10-8-21)31-39-38-28-18-17-27-32(40(28)31)37-30(22-5-3-2-4-6-22)29(36-27)23-11-13-25(14-12-23)33(35)19-34(41,20-33)26-15-16-26/h2-14,17-18,26,41H,15-16,19-20,35H2,1H3/t33-,34-. The van der Waals surface area contributed by atoms with E-state index in [0.717, 1.165) is 63.5 Å². The van der Waals surface area contributed by atoms with Gasteiger partial charge in [-0.25, -0.2) is 9.97 Å². The molecule has 3 aromatic carbocycles. The predicted molar refractivity (Wildman–Crippen MR) is 160 cm³/mol. The fourth-order valence-corrected chi connectivity index (χ4v) is 6.48. The van der Waals surface area contributed by atoms with Crippen LogP contribution in [0.1, 0.15) is 36.8 Å². The molecular formula is C34H30N6O. The number of fused-ring (bicyclic) bond motifs is 3. The van der Waals surface area contributed by atoms with Crippen LogP contribution in [0.2, 0.25) is 0 Å². The van der Waals surface area contributed by atoms with Crippen molar-refractivity contribution >= 4 is 16.8 Å². The molecule has 3 aromatic heterocycles. The van der Waals surface area contributed by atoms with Gasteiger partial charge in [0.15, 0.2) is 17.1 Å². The van der Waals surface area contributed by atoms with Gasteiger partial charge in [0, 0.05) is 22.2 Å². The molecule has 0 unspecified atom stereocenters. The van der Waals surface area contributed by atoms with Gasteiger partial charge in [-0.05, 0) is 56.2 Å². The molecule has 2 saturated carbocycles. The molecule has 41 heavy (non-hydrogen) atoms. The van der Waals surface area contributed by atoms with Crippen LogP contribution in [0, 0.1) is 12.8 Å². The molecule has 0 spiro atoms. The lowest BCUT2D eigenvalue weighted by atomic mass is 9.60. The van der Waals surface area contributed by atoms with Crippen molar-refractivity contribution in [3.63, 3.8) is 0 Å². The van der Waals surface area contributed by atoms with Crippen LogP contribution in [0.5, 0.6) is 0 Å². The predicted octanol–water partition coefficient (Wildman–Crippen LogP) is 6.07. The van der Waals surface area contributed by atoms with E-state index in [1.165, 1.54) is 5.56 Å². The normalized spacial score (nSPS) is 22.2. The first-order chi connectivity index (χ1) is 19.9. The van der Waals surface area contributed by atoms with Crippen molar-refractivity contribution in [3.8, 4) is 33.9 Å². The summed E-state index contributed by atoms with van der Waals surface area (Å²) in [4.78, 5) is 10.4. The first-order valence-corrected chi connectivity index (χ1v) is 14.2. The smallest absolute Gasteiger partial charge is 0.170 e. The summed E-state index contributed by atoms with van der Waals surface area (Å²) in [5.41, 5.74) is 14.6. The van der Waals surface area contributed by atoms with E-state index in [9.17, 15) is 5.11 Å². The molecule has 3 N–H and O–H groups in total. The van der Waals surface area contributed by atoms with E-state index in [1.807, 2.05) is 34.7 Å². The summed E-state index contributed by atoms with van der Waals surface area (Å²) in [6, 6.07) is 30.6. The SMILES string of the molecule is Cc1ccc(-c2nnc3ccc4nc(-c5ccc([C@]6(N)C[C@@](O)(C7CC7)C6)cc5)c(-c5ccccc5)nc4n23)cc1. The molecule has 0 amide bonds. The Balaban J connectivity index is 1.26. The molecule has 0 saturated heterocycles. The maximum Gasteiger partial charge on any atom is 0.170 e. The van der Waals surface area contributed by atoms with Crippen molar-refractivity contribution in [2.45, 2.75) is 43.7 Å². The Morgan fingerprint density at radius 1 is 0.756 bits per heavy atom. The van der Waals surface area contributed by atoms with Crippen LogP contribution in [-0.2, 0) is 5.54 Å². The summed E-state index contributed by atoms with van der Waals surface area (Å²) < 4.78 is 1.99. The van der Waals surface area contributed by atoms with Crippen LogP contribution >= 0.6 is 0 Å². The van der Waals surface area contributed by atoms with Crippen molar-refractivity contribution in [2.75, 3.05) is 0 Å². The Bertz CT molecular complexity index is 1920. The summed E-state index contributed by atoms with van der Waals surface area (Å²) in [7, 11) is 0. The van der Waals surface area contributed by atoms with Gasteiger partial charge in [-0.15, -0.1) is 10.2 Å². The quantitative estimate of drug-likeness (QED) is 0.276. The van der Waals surface area contributed by atoms with E-state index in [-0.39, 0.29) is 0 Å². The minimum atomic E-state index is -0.595. The highest BCUT2D eigenvalue weighted by molar-refractivity contribution is 5.87. The van der Waals surface area contributed by atoms with Gasteiger partial charge in [0.2, 0.25) is 0 Å². The van der Waals surface area contributed by atoms with E-state index in [4.69, 9.17) is 15.7 Å². The summed E-state index contributed by atoms with van der Waals surface area (Å²) in [5.74, 6) is 1.15. The zero-order chi connectivity index (χ0) is 27.8. The number of rotatable bonds is 5. The van der Waals surface area contributed by atoms with Crippen LogP contribution < -0.4 is 5.73 Å². The van der Waals surface area contributed by atoms with Crippen LogP contribution in [-0.4, -0.2) is 35.3 Å². The summed E-state index contributed by atoms with van der Waals surface area (Å²) in [6.07, 6.45) is 3.46. The van der Waals surface area contributed by atoms with Crippen LogP contribution in [0.15, 0.2) is 91.0 Å². The van der Waals surface area contributed by atoms with E-state index >= 15 is 0 Å². The second-order valence-electron chi connectivity index (χ2n) is 11.9. The van der Waals surface area contributed by atoms with Gasteiger partial charge in [-0.2, -0.15) is 0 Å². The molecule has 7 nitrogen and oxygen atoms in total. The molecule has 2 aliphatic carbocycles. The number of aryl methyl sites for hydroxylation is 1. The van der Waals surface area contributed by atoms with Crippen molar-refractivity contribution in [1.82, 2.24) is 24.6 Å². The number of benzene rings is 3. The highest BCUT2D eigenvalue weighted by atomic mass is 16.3. The van der Waals surface area contributed by atoms with Gasteiger partial charge in [0.25, 0.3) is 0 Å². The monoisotopic (exact) mass is 538 g/mol. The Labute approximate surface area is 237 Å². The van der Waals surface area contributed by atoms with Crippen LogP contribution in [0.3, 0.4) is 0 Å². The van der Waals surface area contributed by atoms with Crippen LogP contribution in [0.4, 0.5) is 0 Å². The van der Waals surface area contributed by atoms with Crippen molar-refractivity contribution in [1.29, 1.82) is 0 Å². The number of aromatic nitrogens is 5. The van der Waals surface area contributed by atoms with E-state index in [1.54, 1.807) is 0 Å². The molecule has 3 heterocycles. The number of nitrogens with zero attached hydrogens (tertiary/aromatic N) is 5. The first-order valence-electron chi connectivity index (χ1n) is 14.2. The van der Waals surface area contributed by atoms with E-state index < -0.39 is 11.1 Å². The zero-order valence-corrected chi connectivity index (χ0v) is 22.8. The van der Waals surface area contributed by atoms with Gasteiger partial charge in [0.05, 0.1) is 17.0 Å². The molecule has 0 bridgehead atoms. The Morgan fingerprint density at radius 3 is 2.12 bits per heavy atom. The molecule has 0 aliphatic heterocycles. The number of pyridine rings is 1.